The van der Waals surface area contributed by atoms with Crippen molar-refractivity contribution in [1.82, 2.24) is 4.90 Å². The molecule has 0 aromatic carbocycles. The van der Waals surface area contributed by atoms with Gasteiger partial charge in [0.15, 0.2) is 0 Å². The van der Waals surface area contributed by atoms with Crippen LogP contribution in [0.5, 0.6) is 0 Å². The molecule has 0 aromatic heterocycles. The second kappa shape index (κ2) is 5.22. The summed E-state index contributed by atoms with van der Waals surface area (Å²) < 4.78 is 18.6. The van der Waals surface area contributed by atoms with Crippen LogP contribution in [-0.4, -0.2) is 48.2 Å². The van der Waals surface area contributed by atoms with Gasteiger partial charge in [-0.15, -0.1) is 0 Å². The summed E-state index contributed by atoms with van der Waals surface area (Å²) in [5.74, 6) is -1.24. The monoisotopic (exact) mass is 260 g/mol. The van der Waals surface area contributed by atoms with Crippen molar-refractivity contribution in [3.63, 3.8) is 0 Å². The smallest absolute Gasteiger partial charge is 0.345 e. The molecule has 1 rings (SSSR count). The Morgan fingerprint density at radius 3 is 2.67 bits per heavy atom. The predicted molar refractivity (Wildman–Crippen MR) is 64.6 cm³/mol. The third kappa shape index (κ3) is 2.80. The molecule has 0 spiro atoms. The third-order valence-corrected chi connectivity index (χ3v) is 3.32. The molecular weight excluding hydrogens is 239 g/mol. The average molecular weight is 260 g/mol. The largest absolute Gasteiger partial charge is 0.467 e. The first-order valence-electron chi connectivity index (χ1n) is 6.12. The molecule has 1 fully saturated rings. The van der Waals surface area contributed by atoms with E-state index in [9.17, 15) is 14.0 Å². The summed E-state index contributed by atoms with van der Waals surface area (Å²) in [6, 6.07) is 0. The standard InChI is InChI=1S/C12H21FN2O3/c1-4-5-11(2,14)9(16)15-7-6-12(13,8-15)10(17)18-3/h4-8,14H2,1-3H3. The Morgan fingerprint density at radius 1 is 1.56 bits per heavy atom. The highest BCUT2D eigenvalue weighted by molar-refractivity contribution is 5.88. The van der Waals surface area contributed by atoms with Crippen LogP contribution in [0.4, 0.5) is 4.39 Å². The highest BCUT2D eigenvalue weighted by Crippen LogP contribution is 2.29. The highest BCUT2D eigenvalue weighted by Gasteiger charge is 2.49. The van der Waals surface area contributed by atoms with E-state index in [0.29, 0.717) is 6.42 Å². The van der Waals surface area contributed by atoms with Gasteiger partial charge >= 0.3 is 5.97 Å². The summed E-state index contributed by atoms with van der Waals surface area (Å²) in [5, 5.41) is 0. The Labute approximate surface area is 106 Å². The summed E-state index contributed by atoms with van der Waals surface area (Å²) in [5.41, 5.74) is 2.82. The first kappa shape index (κ1) is 14.9. The minimum Gasteiger partial charge on any atom is -0.467 e. The Kier molecular flexibility index (Phi) is 4.32. The molecule has 0 radical (unpaired) electrons. The molecule has 0 aliphatic carbocycles. The molecule has 104 valence electrons. The molecule has 1 saturated heterocycles. The number of hydrogen-bond donors (Lipinski definition) is 1. The molecule has 1 amide bonds. The van der Waals surface area contributed by atoms with E-state index in [1.54, 1.807) is 6.92 Å². The molecule has 1 aliphatic heterocycles. The van der Waals surface area contributed by atoms with Crippen LogP contribution in [0.3, 0.4) is 0 Å². The lowest BCUT2D eigenvalue weighted by atomic mass is 9.96. The number of hydrogen-bond acceptors (Lipinski definition) is 4. The number of amides is 1. The number of ether oxygens (including phenoxy) is 1. The van der Waals surface area contributed by atoms with E-state index in [4.69, 9.17) is 5.73 Å². The normalized spacial score (nSPS) is 26.8. The van der Waals surface area contributed by atoms with E-state index in [2.05, 4.69) is 4.74 Å². The number of likely N-dealkylation sites (tertiary alicyclic amines) is 1. The Hall–Kier alpha value is -1.17. The van der Waals surface area contributed by atoms with Crippen molar-refractivity contribution in [2.75, 3.05) is 20.2 Å². The number of rotatable bonds is 4. The van der Waals surface area contributed by atoms with Gasteiger partial charge in [0.25, 0.3) is 0 Å². The number of carbonyl (C=O) groups excluding carboxylic acids is 2. The lowest BCUT2D eigenvalue weighted by Crippen LogP contribution is -2.53. The van der Waals surface area contributed by atoms with Gasteiger partial charge in [-0.1, -0.05) is 13.3 Å². The zero-order valence-electron chi connectivity index (χ0n) is 11.2. The van der Waals surface area contributed by atoms with Gasteiger partial charge in [0.05, 0.1) is 19.2 Å². The molecule has 18 heavy (non-hydrogen) atoms. The van der Waals surface area contributed by atoms with E-state index in [1.807, 2.05) is 6.92 Å². The summed E-state index contributed by atoms with van der Waals surface area (Å²) >= 11 is 0. The number of alkyl halides is 1. The maximum atomic E-state index is 14.2. The van der Waals surface area contributed by atoms with Crippen LogP contribution in [0, 0.1) is 0 Å². The van der Waals surface area contributed by atoms with Gasteiger partial charge in [0, 0.05) is 13.0 Å². The van der Waals surface area contributed by atoms with Crippen LogP contribution < -0.4 is 5.73 Å². The fourth-order valence-corrected chi connectivity index (χ4v) is 2.28. The van der Waals surface area contributed by atoms with Gasteiger partial charge in [0.2, 0.25) is 11.6 Å². The van der Waals surface area contributed by atoms with E-state index >= 15 is 0 Å². The topological polar surface area (TPSA) is 72.6 Å². The van der Waals surface area contributed by atoms with Crippen molar-refractivity contribution < 1.29 is 18.7 Å². The fourth-order valence-electron chi connectivity index (χ4n) is 2.28. The zero-order valence-corrected chi connectivity index (χ0v) is 11.2. The quantitative estimate of drug-likeness (QED) is 0.752. The summed E-state index contributed by atoms with van der Waals surface area (Å²) in [7, 11) is 1.14. The predicted octanol–water partition coefficient (Wildman–Crippen LogP) is 0.618. The van der Waals surface area contributed by atoms with Gasteiger partial charge in [-0.3, -0.25) is 4.79 Å². The Balaban J connectivity index is 2.73. The molecule has 1 heterocycles. The van der Waals surface area contributed by atoms with Gasteiger partial charge in [-0.2, -0.15) is 0 Å². The third-order valence-electron chi connectivity index (χ3n) is 3.32. The lowest BCUT2D eigenvalue weighted by molar-refractivity contribution is -0.154. The molecule has 1 aliphatic rings. The molecular formula is C12H21FN2O3. The number of nitrogens with zero attached hydrogens (tertiary/aromatic N) is 1. The van der Waals surface area contributed by atoms with Crippen molar-refractivity contribution in [2.24, 2.45) is 5.73 Å². The van der Waals surface area contributed by atoms with Gasteiger partial charge in [-0.25, -0.2) is 9.18 Å². The van der Waals surface area contributed by atoms with Gasteiger partial charge < -0.3 is 15.4 Å². The second-order valence-electron chi connectivity index (χ2n) is 5.10. The van der Waals surface area contributed by atoms with Gasteiger partial charge in [0.1, 0.15) is 0 Å². The second-order valence-corrected chi connectivity index (χ2v) is 5.10. The molecule has 2 N–H and O–H groups in total. The zero-order chi connectivity index (χ0) is 14.0. The Bertz CT molecular complexity index is 346. The number of nitrogens with two attached hydrogens (primary N) is 1. The van der Waals surface area contributed by atoms with Crippen molar-refractivity contribution in [2.45, 2.75) is 44.3 Å². The van der Waals surface area contributed by atoms with Crippen LogP contribution in [0.2, 0.25) is 0 Å². The summed E-state index contributed by atoms with van der Waals surface area (Å²) in [6.07, 6.45) is 1.26. The van der Waals surface area contributed by atoms with Crippen LogP contribution >= 0.6 is 0 Å². The van der Waals surface area contributed by atoms with Crippen molar-refractivity contribution >= 4 is 11.9 Å². The van der Waals surface area contributed by atoms with E-state index < -0.39 is 17.2 Å². The first-order valence-corrected chi connectivity index (χ1v) is 6.12. The minimum atomic E-state index is -2.09. The summed E-state index contributed by atoms with van der Waals surface area (Å²) in [6.45, 7) is 3.49. The van der Waals surface area contributed by atoms with Crippen LogP contribution in [0.25, 0.3) is 0 Å². The fraction of sp³-hybridized carbons (Fsp3) is 0.833. The van der Waals surface area contributed by atoms with Crippen molar-refractivity contribution in [1.29, 1.82) is 0 Å². The molecule has 6 heteroatoms. The van der Waals surface area contributed by atoms with Crippen LogP contribution in [-0.2, 0) is 14.3 Å². The average Bonchev–Trinajstić information content (AvgIpc) is 2.71. The number of methoxy groups -OCH3 is 1. The molecule has 2 atom stereocenters. The molecule has 0 bridgehead atoms. The molecule has 0 saturated carbocycles. The van der Waals surface area contributed by atoms with Crippen molar-refractivity contribution in [3.8, 4) is 0 Å². The maximum Gasteiger partial charge on any atom is 0.345 e. The van der Waals surface area contributed by atoms with E-state index in [0.717, 1.165) is 13.5 Å². The van der Waals surface area contributed by atoms with E-state index in [-0.39, 0.29) is 25.4 Å². The van der Waals surface area contributed by atoms with Crippen molar-refractivity contribution in [3.05, 3.63) is 0 Å². The number of carbonyl (C=O) groups is 2. The lowest BCUT2D eigenvalue weighted by Gasteiger charge is -2.29. The van der Waals surface area contributed by atoms with Crippen LogP contribution in [0.15, 0.2) is 0 Å². The van der Waals surface area contributed by atoms with E-state index in [1.165, 1.54) is 4.90 Å². The molecule has 0 aromatic rings. The number of halogens is 1. The maximum absolute atomic E-state index is 14.2. The Morgan fingerprint density at radius 2 is 2.17 bits per heavy atom. The minimum absolute atomic E-state index is 0.0341. The molecule has 2 unspecified atom stereocenters. The SMILES string of the molecule is CCCC(C)(N)C(=O)N1CCC(F)(C(=O)OC)C1. The van der Waals surface area contributed by atoms with Gasteiger partial charge in [-0.05, 0) is 13.3 Å². The highest BCUT2D eigenvalue weighted by atomic mass is 19.1. The first-order chi connectivity index (χ1) is 8.27. The van der Waals surface area contributed by atoms with Crippen LogP contribution in [0.1, 0.15) is 33.1 Å². The molecule has 5 nitrogen and oxygen atoms in total. The summed E-state index contributed by atoms with van der Waals surface area (Å²) in [4.78, 5) is 24.8. The number of esters is 1.